The van der Waals surface area contributed by atoms with Crippen molar-refractivity contribution in [1.82, 2.24) is 0 Å². The van der Waals surface area contributed by atoms with Gasteiger partial charge in [-0.2, -0.15) is 0 Å². The summed E-state index contributed by atoms with van der Waals surface area (Å²) in [6, 6.07) is 2.83. The van der Waals surface area contributed by atoms with Crippen molar-refractivity contribution in [3.63, 3.8) is 0 Å². The Labute approximate surface area is 79.2 Å². The molecule has 0 N–H and O–H groups in total. The summed E-state index contributed by atoms with van der Waals surface area (Å²) in [5.41, 5.74) is 0.715. The molecule has 0 fully saturated rings. The van der Waals surface area contributed by atoms with Gasteiger partial charge in [0, 0.05) is 6.07 Å². The fourth-order valence-electron chi connectivity index (χ4n) is 1.30. The van der Waals surface area contributed by atoms with E-state index >= 15 is 0 Å². The van der Waals surface area contributed by atoms with E-state index in [1.165, 1.54) is 19.2 Å². The lowest BCUT2D eigenvalue weighted by atomic mass is 10.2. The molecule has 0 aliphatic carbocycles. The number of benzene rings is 1. The van der Waals surface area contributed by atoms with Crippen LogP contribution in [0.1, 0.15) is 5.56 Å². The molecule has 0 aromatic heterocycles. The number of ether oxygens (including phenoxy) is 3. The summed E-state index contributed by atoms with van der Waals surface area (Å²) in [6.45, 7) is 1.74. The monoisotopic (exact) mass is 202 g/mol. The summed E-state index contributed by atoms with van der Waals surface area (Å²) >= 11 is 0. The lowest BCUT2D eigenvalue weighted by Crippen LogP contribution is -2.25. The molecule has 0 amide bonds. The minimum Gasteiger partial charge on any atom is -0.496 e. The van der Waals surface area contributed by atoms with Crippen LogP contribution in [0.5, 0.6) is 17.2 Å². The second-order valence-electron chi connectivity index (χ2n) is 2.94. The van der Waals surface area contributed by atoms with Crippen LogP contribution in [0.3, 0.4) is 0 Å². The SMILES string of the molecule is COc1cc2c(cc1C)OC(F)(F)O2. The van der Waals surface area contributed by atoms with Crippen LogP contribution in [0.2, 0.25) is 0 Å². The first-order valence-electron chi connectivity index (χ1n) is 3.96. The van der Waals surface area contributed by atoms with Crippen molar-refractivity contribution in [3.05, 3.63) is 17.7 Å². The van der Waals surface area contributed by atoms with E-state index in [0.29, 0.717) is 11.3 Å². The molecule has 0 radical (unpaired) electrons. The van der Waals surface area contributed by atoms with E-state index in [1.54, 1.807) is 6.92 Å². The molecule has 1 aliphatic heterocycles. The molecule has 3 nitrogen and oxygen atoms in total. The zero-order chi connectivity index (χ0) is 10.3. The van der Waals surface area contributed by atoms with Gasteiger partial charge in [-0.1, -0.05) is 0 Å². The van der Waals surface area contributed by atoms with Crippen LogP contribution in [0.4, 0.5) is 8.78 Å². The highest BCUT2D eigenvalue weighted by atomic mass is 19.3. The van der Waals surface area contributed by atoms with Crippen molar-refractivity contribution in [2.24, 2.45) is 0 Å². The van der Waals surface area contributed by atoms with Gasteiger partial charge < -0.3 is 14.2 Å². The maximum Gasteiger partial charge on any atom is 0.586 e. The molecule has 1 aromatic carbocycles. The minimum absolute atomic E-state index is 0.00236. The Morgan fingerprint density at radius 3 is 2.36 bits per heavy atom. The second kappa shape index (κ2) is 2.73. The Balaban J connectivity index is 2.44. The van der Waals surface area contributed by atoms with E-state index in [2.05, 4.69) is 9.47 Å². The third-order valence-corrected chi connectivity index (χ3v) is 1.92. The van der Waals surface area contributed by atoms with E-state index in [-0.39, 0.29) is 11.5 Å². The Morgan fingerprint density at radius 2 is 1.79 bits per heavy atom. The normalized spacial score (nSPS) is 16.9. The summed E-state index contributed by atoms with van der Waals surface area (Å²) in [4.78, 5) is 0. The molecule has 1 aromatic rings. The van der Waals surface area contributed by atoms with Gasteiger partial charge in [0.2, 0.25) is 0 Å². The number of fused-ring (bicyclic) bond motifs is 1. The van der Waals surface area contributed by atoms with Crippen LogP contribution in [0.15, 0.2) is 12.1 Å². The van der Waals surface area contributed by atoms with Crippen molar-refractivity contribution in [1.29, 1.82) is 0 Å². The standard InChI is InChI=1S/C9H8F2O3/c1-5-3-7-8(4-6(5)12-2)14-9(10,11)13-7/h3-4H,1-2H3. The fourth-order valence-corrected chi connectivity index (χ4v) is 1.30. The minimum atomic E-state index is -3.57. The lowest BCUT2D eigenvalue weighted by Gasteiger charge is -2.04. The smallest absolute Gasteiger partial charge is 0.496 e. The molecule has 1 heterocycles. The first-order chi connectivity index (χ1) is 6.52. The van der Waals surface area contributed by atoms with Crippen molar-refractivity contribution >= 4 is 0 Å². The highest BCUT2D eigenvalue weighted by Gasteiger charge is 2.43. The largest absolute Gasteiger partial charge is 0.586 e. The maximum absolute atomic E-state index is 12.6. The first kappa shape index (κ1) is 9.05. The van der Waals surface area contributed by atoms with Crippen molar-refractivity contribution in [2.45, 2.75) is 13.2 Å². The first-order valence-corrected chi connectivity index (χ1v) is 3.96. The van der Waals surface area contributed by atoms with E-state index < -0.39 is 6.29 Å². The van der Waals surface area contributed by atoms with Gasteiger partial charge in [0.1, 0.15) is 5.75 Å². The van der Waals surface area contributed by atoms with Crippen LogP contribution in [0.25, 0.3) is 0 Å². The third-order valence-electron chi connectivity index (χ3n) is 1.92. The van der Waals surface area contributed by atoms with Gasteiger partial charge in [-0.3, -0.25) is 0 Å². The Kier molecular flexibility index (Phi) is 1.77. The van der Waals surface area contributed by atoms with Crippen LogP contribution < -0.4 is 14.2 Å². The molecular weight excluding hydrogens is 194 g/mol. The van der Waals surface area contributed by atoms with Crippen LogP contribution in [-0.4, -0.2) is 13.4 Å². The van der Waals surface area contributed by atoms with E-state index in [0.717, 1.165) is 0 Å². The molecule has 0 bridgehead atoms. The molecule has 0 saturated heterocycles. The third kappa shape index (κ3) is 1.34. The molecule has 5 heteroatoms. The molecular formula is C9H8F2O3. The Morgan fingerprint density at radius 1 is 1.21 bits per heavy atom. The highest BCUT2D eigenvalue weighted by molar-refractivity contribution is 5.51. The van der Waals surface area contributed by atoms with Crippen molar-refractivity contribution in [3.8, 4) is 17.2 Å². The topological polar surface area (TPSA) is 27.7 Å². The molecule has 0 atom stereocenters. The van der Waals surface area contributed by atoms with Gasteiger partial charge in [0.05, 0.1) is 7.11 Å². The molecule has 14 heavy (non-hydrogen) atoms. The number of hydrogen-bond acceptors (Lipinski definition) is 3. The predicted molar refractivity (Wildman–Crippen MR) is 43.9 cm³/mol. The van der Waals surface area contributed by atoms with Crippen LogP contribution in [-0.2, 0) is 0 Å². The van der Waals surface area contributed by atoms with Gasteiger partial charge >= 0.3 is 6.29 Å². The van der Waals surface area contributed by atoms with Gasteiger partial charge in [-0.25, -0.2) is 0 Å². The highest BCUT2D eigenvalue weighted by Crippen LogP contribution is 2.44. The van der Waals surface area contributed by atoms with Gasteiger partial charge in [-0.15, -0.1) is 8.78 Å². The molecule has 76 valence electrons. The average Bonchev–Trinajstić information content (AvgIpc) is 2.36. The second-order valence-corrected chi connectivity index (χ2v) is 2.94. The molecule has 0 unspecified atom stereocenters. The van der Waals surface area contributed by atoms with Crippen molar-refractivity contribution in [2.75, 3.05) is 7.11 Å². The van der Waals surface area contributed by atoms with Crippen molar-refractivity contribution < 1.29 is 23.0 Å². The predicted octanol–water partition coefficient (Wildman–Crippen LogP) is 2.33. The van der Waals surface area contributed by atoms with Gasteiger partial charge in [0.25, 0.3) is 0 Å². The zero-order valence-corrected chi connectivity index (χ0v) is 7.64. The van der Waals surface area contributed by atoms with Gasteiger partial charge in [0.15, 0.2) is 11.5 Å². The van der Waals surface area contributed by atoms with E-state index in [1.807, 2.05) is 0 Å². The average molecular weight is 202 g/mol. The molecule has 0 saturated carbocycles. The number of methoxy groups -OCH3 is 1. The summed E-state index contributed by atoms with van der Waals surface area (Å²) < 4.78 is 38.7. The fraction of sp³-hybridized carbons (Fsp3) is 0.333. The summed E-state index contributed by atoms with van der Waals surface area (Å²) in [5, 5.41) is 0. The molecule has 1 aliphatic rings. The summed E-state index contributed by atoms with van der Waals surface area (Å²) in [5.74, 6) is 0.524. The number of rotatable bonds is 1. The summed E-state index contributed by atoms with van der Waals surface area (Å²) in [7, 11) is 1.46. The Bertz CT molecular complexity index is 377. The van der Waals surface area contributed by atoms with E-state index in [9.17, 15) is 8.78 Å². The number of halogens is 2. The van der Waals surface area contributed by atoms with E-state index in [4.69, 9.17) is 4.74 Å². The van der Waals surface area contributed by atoms with Crippen LogP contribution >= 0.6 is 0 Å². The lowest BCUT2D eigenvalue weighted by molar-refractivity contribution is -0.286. The molecule has 2 rings (SSSR count). The number of alkyl halides is 2. The number of aryl methyl sites for hydroxylation is 1. The maximum atomic E-state index is 12.6. The quantitative estimate of drug-likeness (QED) is 0.699. The molecule has 0 spiro atoms. The zero-order valence-electron chi connectivity index (χ0n) is 7.64. The van der Waals surface area contributed by atoms with Gasteiger partial charge in [-0.05, 0) is 18.6 Å². The van der Waals surface area contributed by atoms with Crippen LogP contribution in [0, 0.1) is 6.92 Å². The summed E-state index contributed by atoms with van der Waals surface area (Å²) in [6.07, 6.45) is -3.57. The Hall–Kier alpha value is -1.52. The number of hydrogen-bond donors (Lipinski definition) is 0.